The van der Waals surface area contributed by atoms with Gasteiger partial charge in [0.1, 0.15) is 11.9 Å². The molecule has 1 unspecified atom stereocenters. The highest BCUT2D eigenvalue weighted by molar-refractivity contribution is 7.99. The van der Waals surface area contributed by atoms with Crippen LogP contribution in [0.2, 0.25) is 0 Å². The summed E-state index contributed by atoms with van der Waals surface area (Å²) in [6, 6.07) is 15.4. The second-order valence-electron chi connectivity index (χ2n) is 6.45. The number of benzene rings is 2. The number of nitrogens with zero attached hydrogens (tertiary/aromatic N) is 4. The fourth-order valence-electron chi connectivity index (χ4n) is 3.19. The lowest BCUT2D eigenvalue weighted by Gasteiger charge is -2.25. The van der Waals surface area contributed by atoms with Gasteiger partial charge < -0.3 is 9.47 Å². The summed E-state index contributed by atoms with van der Waals surface area (Å²) in [7, 11) is 1.59. The third kappa shape index (κ3) is 4.01. The van der Waals surface area contributed by atoms with Gasteiger partial charge in [0, 0.05) is 12.2 Å². The molecule has 2 aromatic carbocycles. The van der Waals surface area contributed by atoms with Gasteiger partial charge in [-0.15, -0.1) is 5.10 Å². The number of carbonyl (C=O) groups excluding carboxylic acids is 1. The summed E-state index contributed by atoms with van der Waals surface area (Å²) < 4.78 is 12.5. The Morgan fingerprint density at radius 2 is 2.11 bits per heavy atom. The van der Waals surface area contributed by atoms with E-state index in [4.69, 9.17) is 9.47 Å². The van der Waals surface area contributed by atoms with Crippen LogP contribution < -0.4 is 4.74 Å². The van der Waals surface area contributed by atoms with Crippen molar-refractivity contribution in [1.29, 1.82) is 0 Å². The van der Waals surface area contributed by atoms with Crippen LogP contribution in [0.5, 0.6) is 5.75 Å². The Balaban J connectivity index is 1.31. The van der Waals surface area contributed by atoms with Crippen molar-refractivity contribution in [3.05, 3.63) is 59.7 Å². The third-order valence-corrected chi connectivity index (χ3v) is 5.61. The number of tetrazole rings is 1. The molecule has 4 rings (SSSR count). The van der Waals surface area contributed by atoms with Crippen molar-refractivity contribution in [3.63, 3.8) is 0 Å². The number of esters is 1. The van der Waals surface area contributed by atoms with Crippen molar-refractivity contribution < 1.29 is 14.3 Å². The highest BCUT2D eigenvalue weighted by Gasteiger charge is 2.26. The zero-order valence-corrected chi connectivity index (χ0v) is 16.3. The molecular formula is C20H20N4O3S. The number of methoxy groups -OCH3 is 1. The minimum atomic E-state index is -0.272. The quantitative estimate of drug-likeness (QED) is 0.344. The number of hydrogen-bond donors (Lipinski definition) is 0. The topological polar surface area (TPSA) is 79.1 Å². The first-order valence-corrected chi connectivity index (χ1v) is 10.1. The molecule has 1 aromatic heterocycles. The van der Waals surface area contributed by atoms with Crippen LogP contribution in [0.15, 0.2) is 53.7 Å². The van der Waals surface area contributed by atoms with E-state index in [1.165, 1.54) is 0 Å². The van der Waals surface area contributed by atoms with E-state index in [0.29, 0.717) is 11.3 Å². The lowest BCUT2D eigenvalue weighted by Crippen LogP contribution is -2.27. The fourth-order valence-corrected chi connectivity index (χ4v) is 4.04. The number of carbonyl (C=O) groups is 1. The second kappa shape index (κ2) is 8.43. The molecular weight excluding hydrogens is 376 g/mol. The maximum absolute atomic E-state index is 12.3. The summed E-state index contributed by atoms with van der Waals surface area (Å²) in [5, 5.41) is 12.7. The van der Waals surface area contributed by atoms with Gasteiger partial charge in [-0.25, -0.2) is 4.79 Å². The van der Waals surface area contributed by atoms with Gasteiger partial charge in [0.25, 0.3) is 0 Å². The molecule has 28 heavy (non-hydrogen) atoms. The molecule has 1 aliphatic heterocycles. The molecule has 7 nitrogen and oxygen atoms in total. The largest absolute Gasteiger partial charge is 0.497 e. The highest BCUT2D eigenvalue weighted by atomic mass is 32.2. The number of fused-ring (bicyclic) bond motifs is 1. The van der Waals surface area contributed by atoms with E-state index in [9.17, 15) is 4.79 Å². The fraction of sp³-hybridized carbons (Fsp3) is 0.300. The van der Waals surface area contributed by atoms with Crippen molar-refractivity contribution in [3.8, 4) is 11.4 Å². The molecule has 0 amide bonds. The van der Waals surface area contributed by atoms with Crippen LogP contribution in [0.25, 0.3) is 5.69 Å². The maximum atomic E-state index is 12.3. The number of ether oxygens (including phenoxy) is 2. The average Bonchev–Trinajstić information content (AvgIpc) is 3.20. The lowest BCUT2D eigenvalue weighted by molar-refractivity contribution is 0.0236. The standard InChI is InChI=1S/C20H20N4O3S/c1-26-16-10-9-14-12-17(27-19(25)18(14)13-16)8-5-11-28-20-21-22-23-24(20)15-6-3-2-4-7-15/h2-4,6-7,9-10,13,17H,5,8,11-12H2,1H3. The monoisotopic (exact) mass is 396 g/mol. The number of para-hydroxylation sites is 1. The van der Waals surface area contributed by atoms with Gasteiger partial charge >= 0.3 is 5.97 Å². The zero-order valence-electron chi connectivity index (χ0n) is 15.4. The molecule has 1 atom stereocenters. The number of hydrogen-bond acceptors (Lipinski definition) is 7. The molecule has 0 N–H and O–H groups in total. The minimum Gasteiger partial charge on any atom is -0.497 e. The van der Waals surface area contributed by atoms with Gasteiger partial charge in [0.15, 0.2) is 0 Å². The van der Waals surface area contributed by atoms with Crippen molar-refractivity contribution in [2.45, 2.75) is 30.5 Å². The summed E-state index contributed by atoms with van der Waals surface area (Å²) in [5.41, 5.74) is 2.55. The van der Waals surface area contributed by atoms with E-state index < -0.39 is 0 Å². The van der Waals surface area contributed by atoms with Gasteiger partial charge in [-0.05, 0) is 53.1 Å². The molecule has 0 aliphatic carbocycles. The number of cyclic esters (lactones) is 1. The van der Waals surface area contributed by atoms with E-state index in [1.54, 1.807) is 29.6 Å². The first kappa shape index (κ1) is 18.5. The van der Waals surface area contributed by atoms with E-state index in [-0.39, 0.29) is 12.1 Å². The molecule has 0 fully saturated rings. The molecule has 8 heteroatoms. The molecule has 144 valence electrons. The van der Waals surface area contributed by atoms with Crippen molar-refractivity contribution in [2.75, 3.05) is 12.9 Å². The van der Waals surface area contributed by atoms with E-state index in [0.717, 1.165) is 41.4 Å². The number of thioether (sulfide) groups is 1. The van der Waals surface area contributed by atoms with E-state index in [2.05, 4.69) is 15.5 Å². The van der Waals surface area contributed by atoms with Crippen LogP contribution in [-0.2, 0) is 11.2 Å². The van der Waals surface area contributed by atoms with Crippen molar-refractivity contribution >= 4 is 17.7 Å². The molecule has 0 saturated heterocycles. The molecule has 0 saturated carbocycles. The Hall–Kier alpha value is -2.87. The first-order valence-electron chi connectivity index (χ1n) is 9.09. The summed E-state index contributed by atoms with van der Waals surface area (Å²) in [4.78, 5) is 12.3. The van der Waals surface area contributed by atoms with Crippen LogP contribution in [-0.4, -0.2) is 45.1 Å². The van der Waals surface area contributed by atoms with Crippen molar-refractivity contribution in [1.82, 2.24) is 20.2 Å². The Kier molecular flexibility index (Phi) is 5.57. The van der Waals surface area contributed by atoms with Crippen LogP contribution in [0.3, 0.4) is 0 Å². The van der Waals surface area contributed by atoms with Crippen molar-refractivity contribution in [2.24, 2.45) is 0 Å². The van der Waals surface area contributed by atoms with Crippen LogP contribution in [0, 0.1) is 0 Å². The zero-order chi connectivity index (χ0) is 19.3. The molecule has 0 spiro atoms. The Morgan fingerprint density at radius 1 is 1.25 bits per heavy atom. The number of aromatic nitrogens is 4. The molecule has 1 aliphatic rings. The van der Waals surface area contributed by atoms with E-state index in [1.807, 2.05) is 42.5 Å². The summed E-state index contributed by atoms with van der Waals surface area (Å²) in [5.74, 6) is 1.24. The normalized spacial score (nSPS) is 15.8. The molecule has 2 heterocycles. The summed E-state index contributed by atoms with van der Waals surface area (Å²) in [6.07, 6.45) is 2.34. The predicted molar refractivity (Wildman–Crippen MR) is 105 cm³/mol. The van der Waals surface area contributed by atoms with Gasteiger partial charge in [0.2, 0.25) is 5.16 Å². The van der Waals surface area contributed by atoms with Crippen LogP contribution >= 0.6 is 11.8 Å². The van der Waals surface area contributed by atoms with Crippen LogP contribution in [0.1, 0.15) is 28.8 Å². The second-order valence-corrected chi connectivity index (χ2v) is 7.52. The molecule has 0 bridgehead atoms. The predicted octanol–water partition coefficient (Wildman–Crippen LogP) is 3.32. The average molecular weight is 396 g/mol. The molecule has 0 radical (unpaired) electrons. The van der Waals surface area contributed by atoms with Gasteiger partial charge in [-0.1, -0.05) is 36.0 Å². The third-order valence-electron chi connectivity index (χ3n) is 4.60. The maximum Gasteiger partial charge on any atom is 0.338 e. The van der Waals surface area contributed by atoms with E-state index >= 15 is 0 Å². The first-order chi connectivity index (χ1) is 13.7. The van der Waals surface area contributed by atoms with Gasteiger partial charge in [-0.3, -0.25) is 0 Å². The van der Waals surface area contributed by atoms with Crippen LogP contribution in [0.4, 0.5) is 0 Å². The smallest absolute Gasteiger partial charge is 0.338 e. The van der Waals surface area contributed by atoms with Gasteiger partial charge in [-0.2, -0.15) is 4.68 Å². The lowest BCUT2D eigenvalue weighted by atomic mass is 9.96. The summed E-state index contributed by atoms with van der Waals surface area (Å²) in [6.45, 7) is 0. The minimum absolute atomic E-state index is 0.0980. The Bertz CT molecular complexity index is 961. The Labute approximate surface area is 167 Å². The number of rotatable bonds is 7. The SMILES string of the molecule is COc1ccc2c(c1)C(=O)OC(CCCSc1nnnn1-c1ccccc1)C2. The van der Waals surface area contributed by atoms with Gasteiger partial charge in [0.05, 0.1) is 18.4 Å². The Morgan fingerprint density at radius 3 is 2.93 bits per heavy atom. The highest BCUT2D eigenvalue weighted by Crippen LogP contribution is 2.27. The molecule has 3 aromatic rings. The summed E-state index contributed by atoms with van der Waals surface area (Å²) >= 11 is 1.60.